The lowest BCUT2D eigenvalue weighted by Gasteiger charge is -2.26. The third kappa shape index (κ3) is 3.56. The minimum absolute atomic E-state index is 0.275. The Balaban J connectivity index is 1.51. The van der Waals surface area contributed by atoms with Gasteiger partial charge < -0.3 is 9.84 Å². The maximum atomic E-state index is 13.4. The fraction of sp³-hybridized carbons (Fsp3) is 0.250. The Hall–Kier alpha value is -2.66. The fourth-order valence-electron chi connectivity index (χ4n) is 3.27. The highest BCUT2D eigenvalue weighted by atomic mass is 19.1. The number of rotatable bonds is 4. The second kappa shape index (κ2) is 6.69. The van der Waals surface area contributed by atoms with Gasteiger partial charge in [0.2, 0.25) is 0 Å². The molecule has 0 amide bonds. The van der Waals surface area contributed by atoms with Gasteiger partial charge in [-0.25, -0.2) is 4.39 Å². The van der Waals surface area contributed by atoms with Crippen LogP contribution in [0.5, 0.6) is 0 Å². The topological polar surface area (TPSA) is 41.3 Å². The van der Waals surface area contributed by atoms with Gasteiger partial charge in [0.15, 0.2) is 5.82 Å². The van der Waals surface area contributed by atoms with Gasteiger partial charge in [-0.2, -0.15) is 0 Å². The summed E-state index contributed by atoms with van der Waals surface area (Å²) in [6.45, 7) is 4.71. The zero-order chi connectivity index (χ0) is 17.2. The normalized spacial score (nSPS) is 14.3. The van der Waals surface area contributed by atoms with E-state index in [9.17, 15) is 4.39 Å². The number of nitrogens with one attached hydrogen (secondary N) is 1. The van der Waals surface area contributed by atoms with Gasteiger partial charge in [-0.3, -0.25) is 4.90 Å². The molecule has 1 aliphatic heterocycles. The van der Waals surface area contributed by atoms with E-state index in [1.165, 1.54) is 23.3 Å². The largest absolute Gasteiger partial charge is 0.359 e. The molecule has 2 aromatic carbocycles. The van der Waals surface area contributed by atoms with Crippen molar-refractivity contribution < 1.29 is 8.91 Å². The van der Waals surface area contributed by atoms with Crippen molar-refractivity contribution in [1.82, 2.24) is 10.1 Å². The van der Waals surface area contributed by atoms with Crippen molar-refractivity contribution in [2.75, 3.05) is 11.9 Å². The molecule has 0 atom stereocenters. The fourth-order valence-corrected chi connectivity index (χ4v) is 3.27. The molecule has 0 bridgehead atoms. The van der Waals surface area contributed by atoms with Crippen molar-refractivity contribution in [1.29, 1.82) is 0 Å². The summed E-state index contributed by atoms with van der Waals surface area (Å²) >= 11 is 0. The molecule has 0 aliphatic carbocycles. The van der Waals surface area contributed by atoms with E-state index in [2.05, 4.69) is 46.6 Å². The first kappa shape index (κ1) is 15.8. The number of hydrogen-bond donors (Lipinski definition) is 1. The standard InChI is InChI=1S/C20H20FN3O/c1-14-4-2-5-15(10-14)12-24-9-8-19-18(13-24)20(23-25-19)22-17-7-3-6-16(21)11-17/h2-7,10-11H,8-9,12-13H2,1H3,(H,22,23). The Kier molecular flexibility index (Phi) is 4.24. The third-order valence-corrected chi connectivity index (χ3v) is 4.48. The lowest BCUT2D eigenvalue weighted by molar-refractivity contribution is 0.228. The molecule has 3 aromatic rings. The Morgan fingerprint density at radius 2 is 2.08 bits per heavy atom. The van der Waals surface area contributed by atoms with Crippen LogP contribution >= 0.6 is 0 Å². The molecule has 4 nitrogen and oxygen atoms in total. The Morgan fingerprint density at radius 1 is 1.20 bits per heavy atom. The molecular weight excluding hydrogens is 317 g/mol. The molecule has 2 heterocycles. The highest BCUT2D eigenvalue weighted by molar-refractivity contribution is 5.59. The molecule has 1 aromatic heterocycles. The Morgan fingerprint density at radius 3 is 2.92 bits per heavy atom. The zero-order valence-corrected chi connectivity index (χ0v) is 14.1. The summed E-state index contributed by atoms with van der Waals surface area (Å²) in [4.78, 5) is 2.38. The van der Waals surface area contributed by atoms with Crippen molar-refractivity contribution in [3.05, 3.63) is 76.8 Å². The van der Waals surface area contributed by atoms with Crippen LogP contribution in [0.3, 0.4) is 0 Å². The molecule has 0 unspecified atom stereocenters. The summed E-state index contributed by atoms with van der Waals surface area (Å²) in [7, 11) is 0. The number of halogens is 1. The van der Waals surface area contributed by atoms with Crippen molar-refractivity contribution in [3.63, 3.8) is 0 Å². The Labute approximate surface area is 146 Å². The van der Waals surface area contributed by atoms with Gasteiger partial charge >= 0.3 is 0 Å². The quantitative estimate of drug-likeness (QED) is 0.765. The smallest absolute Gasteiger partial charge is 0.178 e. The van der Waals surface area contributed by atoms with E-state index in [1.807, 2.05) is 6.07 Å². The van der Waals surface area contributed by atoms with Crippen LogP contribution in [0.25, 0.3) is 0 Å². The lowest BCUT2D eigenvalue weighted by atomic mass is 10.1. The number of nitrogens with zero attached hydrogens (tertiary/aromatic N) is 2. The number of fused-ring (bicyclic) bond motifs is 1. The van der Waals surface area contributed by atoms with Crippen LogP contribution in [0.4, 0.5) is 15.9 Å². The highest BCUT2D eigenvalue weighted by Gasteiger charge is 2.24. The van der Waals surface area contributed by atoms with E-state index in [4.69, 9.17) is 4.52 Å². The zero-order valence-electron chi connectivity index (χ0n) is 14.1. The van der Waals surface area contributed by atoms with Gasteiger partial charge in [-0.15, -0.1) is 0 Å². The van der Waals surface area contributed by atoms with Gasteiger partial charge in [0.1, 0.15) is 11.6 Å². The molecule has 0 saturated carbocycles. The molecule has 128 valence electrons. The Bertz CT molecular complexity index is 890. The van der Waals surface area contributed by atoms with Crippen LogP contribution < -0.4 is 5.32 Å². The first-order chi connectivity index (χ1) is 12.2. The molecule has 5 heteroatoms. The van der Waals surface area contributed by atoms with E-state index >= 15 is 0 Å². The van der Waals surface area contributed by atoms with Crippen LogP contribution in [-0.2, 0) is 19.5 Å². The second-order valence-electron chi connectivity index (χ2n) is 6.52. The van der Waals surface area contributed by atoms with Crippen LogP contribution in [-0.4, -0.2) is 16.6 Å². The maximum absolute atomic E-state index is 13.4. The SMILES string of the molecule is Cc1cccc(CN2CCc3onc(Nc4cccc(F)c4)c3C2)c1. The van der Waals surface area contributed by atoms with Crippen LogP contribution in [0.2, 0.25) is 0 Å². The minimum atomic E-state index is -0.275. The van der Waals surface area contributed by atoms with Crippen molar-refractivity contribution in [2.24, 2.45) is 0 Å². The maximum Gasteiger partial charge on any atom is 0.178 e. The van der Waals surface area contributed by atoms with E-state index in [-0.39, 0.29) is 5.82 Å². The van der Waals surface area contributed by atoms with Crippen molar-refractivity contribution in [3.8, 4) is 0 Å². The van der Waals surface area contributed by atoms with Crippen LogP contribution in [0.1, 0.15) is 22.5 Å². The average molecular weight is 337 g/mol. The lowest BCUT2D eigenvalue weighted by Crippen LogP contribution is -2.29. The molecule has 25 heavy (non-hydrogen) atoms. The predicted molar refractivity (Wildman–Crippen MR) is 95.2 cm³/mol. The van der Waals surface area contributed by atoms with Crippen LogP contribution in [0.15, 0.2) is 53.1 Å². The summed E-state index contributed by atoms with van der Waals surface area (Å²) in [5.41, 5.74) is 4.31. The summed E-state index contributed by atoms with van der Waals surface area (Å²) in [6.07, 6.45) is 0.832. The number of anilines is 2. The van der Waals surface area contributed by atoms with E-state index < -0.39 is 0 Å². The van der Waals surface area contributed by atoms with Gasteiger partial charge in [0.05, 0.1) is 5.56 Å². The molecule has 0 spiro atoms. The first-order valence-electron chi connectivity index (χ1n) is 8.45. The van der Waals surface area contributed by atoms with E-state index in [1.54, 1.807) is 6.07 Å². The van der Waals surface area contributed by atoms with E-state index in [0.29, 0.717) is 11.5 Å². The number of hydrogen-bond acceptors (Lipinski definition) is 4. The van der Waals surface area contributed by atoms with Gasteiger partial charge in [-0.05, 0) is 30.7 Å². The van der Waals surface area contributed by atoms with E-state index in [0.717, 1.165) is 37.4 Å². The van der Waals surface area contributed by atoms with Crippen LogP contribution in [0, 0.1) is 12.7 Å². The van der Waals surface area contributed by atoms with Gasteiger partial charge in [-0.1, -0.05) is 41.1 Å². The average Bonchev–Trinajstić information content (AvgIpc) is 2.97. The predicted octanol–water partition coefficient (Wildman–Crippen LogP) is 4.42. The molecule has 4 rings (SSSR count). The molecule has 0 radical (unpaired) electrons. The number of benzene rings is 2. The van der Waals surface area contributed by atoms with Crippen molar-refractivity contribution >= 4 is 11.5 Å². The number of aromatic nitrogens is 1. The monoisotopic (exact) mass is 337 g/mol. The third-order valence-electron chi connectivity index (χ3n) is 4.48. The molecule has 0 fully saturated rings. The van der Waals surface area contributed by atoms with Gasteiger partial charge in [0.25, 0.3) is 0 Å². The molecule has 1 N–H and O–H groups in total. The summed E-state index contributed by atoms with van der Waals surface area (Å²) in [6, 6.07) is 14.9. The molecule has 1 aliphatic rings. The first-order valence-corrected chi connectivity index (χ1v) is 8.45. The second-order valence-corrected chi connectivity index (χ2v) is 6.52. The summed E-state index contributed by atoms with van der Waals surface area (Å²) in [5.74, 6) is 1.32. The van der Waals surface area contributed by atoms with Gasteiger partial charge in [0, 0.05) is 31.7 Å². The molecular formula is C20H20FN3O. The minimum Gasteiger partial charge on any atom is -0.359 e. The highest BCUT2D eigenvalue weighted by Crippen LogP contribution is 2.29. The molecule has 0 saturated heterocycles. The number of aryl methyl sites for hydroxylation is 1. The van der Waals surface area contributed by atoms with Crippen molar-refractivity contribution in [2.45, 2.75) is 26.4 Å². The summed E-state index contributed by atoms with van der Waals surface area (Å²) in [5, 5.41) is 7.32. The summed E-state index contributed by atoms with van der Waals surface area (Å²) < 4.78 is 18.9.